The number of carbonyl (C=O) groups excluding carboxylic acids is 3. The maximum Gasteiger partial charge on any atom is 0.417 e. The number of imide groups is 1. The number of cyclic esters (lactones) is 1. The lowest BCUT2D eigenvalue weighted by Gasteiger charge is -2.34. The van der Waals surface area contributed by atoms with E-state index in [0.29, 0.717) is 37.6 Å². The molecule has 0 spiro atoms. The first-order chi connectivity index (χ1) is 12.5. The molecule has 2 aliphatic heterocycles. The molecule has 140 valence electrons. The van der Waals surface area contributed by atoms with Crippen LogP contribution in [0.25, 0.3) is 0 Å². The predicted molar refractivity (Wildman–Crippen MR) is 93.8 cm³/mol. The van der Waals surface area contributed by atoms with Crippen molar-refractivity contribution in [1.29, 1.82) is 0 Å². The van der Waals surface area contributed by atoms with E-state index in [-0.39, 0.29) is 31.1 Å². The van der Waals surface area contributed by atoms with Gasteiger partial charge in [-0.3, -0.25) is 9.59 Å². The molecule has 7 nitrogen and oxygen atoms in total. The van der Waals surface area contributed by atoms with Crippen molar-refractivity contribution in [1.82, 2.24) is 9.80 Å². The number of nitrogens with zero attached hydrogens (tertiary/aromatic N) is 2. The quantitative estimate of drug-likeness (QED) is 0.804. The summed E-state index contributed by atoms with van der Waals surface area (Å²) in [7, 11) is 0. The van der Waals surface area contributed by atoms with Crippen LogP contribution in [-0.2, 0) is 14.3 Å². The molecular formula is C19H24N2O5. The summed E-state index contributed by atoms with van der Waals surface area (Å²) in [5, 5.41) is 0. The lowest BCUT2D eigenvalue weighted by molar-refractivity contribution is -0.135. The molecule has 2 fully saturated rings. The molecule has 3 rings (SSSR count). The number of benzene rings is 1. The van der Waals surface area contributed by atoms with E-state index < -0.39 is 6.09 Å². The maximum absolute atomic E-state index is 12.3. The van der Waals surface area contributed by atoms with Gasteiger partial charge in [-0.25, -0.2) is 9.69 Å². The normalized spacial score (nSPS) is 18.4. The van der Waals surface area contributed by atoms with Gasteiger partial charge in [-0.05, 0) is 36.5 Å². The van der Waals surface area contributed by atoms with Crippen LogP contribution < -0.4 is 4.74 Å². The van der Waals surface area contributed by atoms with Crippen molar-refractivity contribution >= 4 is 17.9 Å². The first kappa shape index (κ1) is 18.2. The molecule has 0 aromatic heterocycles. The molecule has 2 heterocycles. The van der Waals surface area contributed by atoms with E-state index in [9.17, 15) is 14.4 Å². The van der Waals surface area contributed by atoms with Crippen molar-refractivity contribution in [3.63, 3.8) is 0 Å². The molecule has 7 heteroatoms. The summed E-state index contributed by atoms with van der Waals surface area (Å²) < 4.78 is 10.3. The largest absolute Gasteiger partial charge is 0.484 e. The number of ether oxygens (including phenoxy) is 2. The van der Waals surface area contributed by atoms with Gasteiger partial charge < -0.3 is 14.4 Å². The van der Waals surface area contributed by atoms with Crippen molar-refractivity contribution in [3.8, 4) is 5.75 Å². The fourth-order valence-corrected chi connectivity index (χ4v) is 3.28. The van der Waals surface area contributed by atoms with Crippen molar-refractivity contribution in [2.45, 2.75) is 38.6 Å². The lowest BCUT2D eigenvalue weighted by atomic mass is 10.0. The molecule has 0 unspecified atom stereocenters. The Kier molecular flexibility index (Phi) is 5.44. The van der Waals surface area contributed by atoms with Crippen molar-refractivity contribution in [2.24, 2.45) is 0 Å². The minimum Gasteiger partial charge on any atom is -0.484 e. The number of carbonyl (C=O) groups is 3. The Balaban J connectivity index is 1.46. The van der Waals surface area contributed by atoms with E-state index in [0.717, 1.165) is 0 Å². The van der Waals surface area contributed by atoms with Crippen LogP contribution >= 0.6 is 0 Å². The van der Waals surface area contributed by atoms with Crippen molar-refractivity contribution < 1.29 is 23.9 Å². The number of rotatable bonds is 5. The van der Waals surface area contributed by atoms with E-state index in [4.69, 9.17) is 9.47 Å². The Bertz CT molecular complexity index is 662. The molecule has 26 heavy (non-hydrogen) atoms. The van der Waals surface area contributed by atoms with E-state index in [2.05, 4.69) is 13.8 Å². The molecule has 1 aromatic rings. The van der Waals surface area contributed by atoms with Crippen LogP contribution in [0.1, 0.15) is 38.2 Å². The Labute approximate surface area is 152 Å². The van der Waals surface area contributed by atoms with Crippen LogP contribution in [0.5, 0.6) is 5.75 Å². The first-order valence-corrected chi connectivity index (χ1v) is 8.95. The number of piperidine rings is 1. The second kappa shape index (κ2) is 7.76. The van der Waals surface area contributed by atoms with Crippen LogP contribution in [0.2, 0.25) is 0 Å². The zero-order chi connectivity index (χ0) is 18.7. The molecule has 2 saturated heterocycles. The third kappa shape index (κ3) is 3.98. The Morgan fingerprint density at radius 1 is 1.19 bits per heavy atom. The molecule has 0 saturated carbocycles. The SMILES string of the molecule is CC(C)c1ccc(OCC(=O)N2CCC(N3C(=O)COC3=O)CC2)cc1. The summed E-state index contributed by atoms with van der Waals surface area (Å²) in [6, 6.07) is 7.56. The average molecular weight is 360 g/mol. The highest BCUT2D eigenvalue weighted by Crippen LogP contribution is 2.22. The van der Waals surface area contributed by atoms with E-state index in [1.807, 2.05) is 24.3 Å². The van der Waals surface area contributed by atoms with E-state index in [1.165, 1.54) is 10.5 Å². The highest BCUT2D eigenvalue weighted by Gasteiger charge is 2.38. The summed E-state index contributed by atoms with van der Waals surface area (Å²) in [4.78, 5) is 38.5. The highest BCUT2D eigenvalue weighted by molar-refractivity contribution is 5.98. The Hall–Kier alpha value is -2.57. The Morgan fingerprint density at radius 3 is 2.38 bits per heavy atom. The molecule has 2 aliphatic rings. The number of hydrogen-bond acceptors (Lipinski definition) is 5. The first-order valence-electron chi connectivity index (χ1n) is 8.95. The van der Waals surface area contributed by atoms with Gasteiger partial charge in [0.15, 0.2) is 13.2 Å². The van der Waals surface area contributed by atoms with Gasteiger partial charge in [0, 0.05) is 19.1 Å². The monoisotopic (exact) mass is 360 g/mol. The predicted octanol–water partition coefficient (Wildman–Crippen LogP) is 2.16. The van der Waals surface area contributed by atoms with Gasteiger partial charge >= 0.3 is 6.09 Å². The molecule has 0 bridgehead atoms. The van der Waals surface area contributed by atoms with Gasteiger partial charge in [-0.2, -0.15) is 0 Å². The summed E-state index contributed by atoms with van der Waals surface area (Å²) in [5.41, 5.74) is 1.22. The van der Waals surface area contributed by atoms with Crippen molar-refractivity contribution in [2.75, 3.05) is 26.3 Å². The fourth-order valence-electron chi connectivity index (χ4n) is 3.28. The van der Waals surface area contributed by atoms with Crippen LogP contribution in [0.4, 0.5) is 4.79 Å². The van der Waals surface area contributed by atoms with Crippen LogP contribution in [0.3, 0.4) is 0 Å². The number of hydrogen-bond donors (Lipinski definition) is 0. The topological polar surface area (TPSA) is 76.2 Å². The summed E-state index contributed by atoms with van der Waals surface area (Å²) in [6.45, 7) is 5.04. The molecular weight excluding hydrogens is 336 g/mol. The summed E-state index contributed by atoms with van der Waals surface area (Å²) in [6.07, 6.45) is 0.554. The van der Waals surface area contributed by atoms with Gasteiger partial charge in [0.2, 0.25) is 0 Å². The number of amides is 3. The smallest absolute Gasteiger partial charge is 0.417 e. The maximum atomic E-state index is 12.3. The highest BCUT2D eigenvalue weighted by atomic mass is 16.6. The molecule has 0 atom stereocenters. The lowest BCUT2D eigenvalue weighted by Crippen LogP contribution is -2.49. The molecule has 0 radical (unpaired) electrons. The summed E-state index contributed by atoms with van der Waals surface area (Å²) >= 11 is 0. The Morgan fingerprint density at radius 2 is 1.85 bits per heavy atom. The van der Waals surface area contributed by atoms with Crippen LogP contribution in [-0.4, -0.2) is 60.1 Å². The molecule has 0 aliphatic carbocycles. The van der Waals surface area contributed by atoms with Gasteiger partial charge in [-0.1, -0.05) is 26.0 Å². The standard InChI is InChI=1S/C19H24N2O5/c1-13(2)14-3-5-16(6-4-14)25-11-17(22)20-9-7-15(8-10-20)21-18(23)12-26-19(21)24/h3-6,13,15H,7-12H2,1-2H3. The van der Waals surface area contributed by atoms with Gasteiger partial charge in [0.25, 0.3) is 11.8 Å². The second-order valence-corrected chi connectivity index (χ2v) is 6.94. The van der Waals surface area contributed by atoms with Gasteiger partial charge in [0.1, 0.15) is 5.75 Å². The molecule has 3 amide bonds. The number of likely N-dealkylation sites (tertiary alicyclic amines) is 1. The molecule has 1 aromatic carbocycles. The second-order valence-electron chi connectivity index (χ2n) is 6.94. The minimum absolute atomic E-state index is 0.0175. The summed E-state index contributed by atoms with van der Waals surface area (Å²) in [5.74, 6) is 0.731. The zero-order valence-corrected chi connectivity index (χ0v) is 15.1. The van der Waals surface area contributed by atoms with Crippen LogP contribution in [0, 0.1) is 0 Å². The minimum atomic E-state index is -0.576. The van der Waals surface area contributed by atoms with Crippen LogP contribution in [0.15, 0.2) is 24.3 Å². The van der Waals surface area contributed by atoms with Crippen molar-refractivity contribution in [3.05, 3.63) is 29.8 Å². The average Bonchev–Trinajstić information content (AvgIpc) is 2.98. The molecule has 0 N–H and O–H groups in total. The van der Waals surface area contributed by atoms with Gasteiger partial charge in [-0.15, -0.1) is 0 Å². The zero-order valence-electron chi connectivity index (χ0n) is 15.1. The van der Waals surface area contributed by atoms with E-state index >= 15 is 0 Å². The van der Waals surface area contributed by atoms with E-state index in [1.54, 1.807) is 4.90 Å². The third-order valence-electron chi connectivity index (χ3n) is 4.88. The van der Waals surface area contributed by atoms with Gasteiger partial charge in [0.05, 0.1) is 0 Å². The fraction of sp³-hybridized carbons (Fsp3) is 0.526. The third-order valence-corrected chi connectivity index (χ3v) is 4.88.